The number of hydrogen-bond acceptors (Lipinski definition) is 4. The Kier molecular flexibility index (Phi) is 3.93. The van der Waals surface area contributed by atoms with Crippen LogP contribution in [0.2, 0.25) is 0 Å². The molecule has 0 saturated carbocycles. The summed E-state index contributed by atoms with van der Waals surface area (Å²) in [6.07, 6.45) is -0.353. The fraction of sp³-hybridized carbons (Fsp3) is 0.417. The summed E-state index contributed by atoms with van der Waals surface area (Å²) in [6, 6.07) is 7.63. The van der Waals surface area contributed by atoms with Crippen molar-refractivity contribution < 1.29 is 5.11 Å². The number of aromatic nitrogens is 1. The van der Waals surface area contributed by atoms with Gasteiger partial charge in [-0.3, -0.25) is 8.75 Å². The summed E-state index contributed by atoms with van der Waals surface area (Å²) in [6.45, 7) is 3.63. The largest absolute Gasteiger partial charge is 0.392 e. The Balaban J connectivity index is 2.04. The van der Waals surface area contributed by atoms with Crippen molar-refractivity contribution in [1.82, 2.24) is 9.27 Å². The molecule has 1 unspecified atom stereocenters. The molecule has 5 heteroatoms. The summed E-state index contributed by atoms with van der Waals surface area (Å²) in [5.74, 6) is 0. The molecule has 0 radical (unpaired) electrons. The third kappa shape index (κ3) is 2.94. The maximum atomic E-state index is 12.0. The van der Waals surface area contributed by atoms with Crippen molar-refractivity contribution >= 4 is 21.6 Å². The highest BCUT2D eigenvalue weighted by molar-refractivity contribution is 7.13. The molecule has 0 spiro atoms. The van der Waals surface area contributed by atoms with Gasteiger partial charge in [-0.15, -0.1) is 0 Å². The second kappa shape index (κ2) is 5.44. The average molecular weight is 252 g/mol. The molecule has 92 valence electrons. The molecule has 2 rings (SSSR count). The number of fused-ring (bicyclic) bond motifs is 1. The molecule has 0 amide bonds. The number of benzene rings is 1. The lowest BCUT2D eigenvalue weighted by Gasteiger charge is -2.06. The van der Waals surface area contributed by atoms with E-state index in [-0.39, 0.29) is 11.7 Å². The summed E-state index contributed by atoms with van der Waals surface area (Å²) >= 11 is 1.48. The van der Waals surface area contributed by atoms with Crippen LogP contribution in [0.5, 0.6) is 0 Å². The molecule has 4 nitrogen and oxygen atoms in total. The number of nitrogens with zero attached hydrogens (tertiary/aromatic N) is 1. The summed E-state index contributed by atoms with van der Waals surface area (Å²) in [5.41, 5.74) is 0.0736. The van der Waals surface area contributed by atoms with Crippen LogP contribution in [-0.4, -0.2) is 28.3 Å². The topological polar surface area (TPSA) is 54.3 Å². The van der Waals surface area contributed by atoms with Crippen LogP contribution < -0.4 is 10.9 Å². The SMILES string of the molecule is CC(O)CNCCn1sc2ccccc2c1=O. The van der Waals surface area contributed by atoms with E-state index in [1.54, 1.807) is 10.9 Å². The summed E-state index contributed by atoms with van der Waals surface area (Å²) in [4.78, 5) is 12.0. The second-order valence-electron chi connectivity index (χ2n) is 4.05. The molecule has 2 aromatic rings. The number of aliphatic hydroxyl groups excluding tert-OH is 1. The van der Waals surface area contributed by atoms with Gasteiger partial charge < -0.3 is 10.4 Å². The smallest absolute Gasteiger partial charge is 0.268 e. The lowest BCUT2D eigenvalue weighted by molar-refractivity contribution is 0.191. The summed E-state index contributed by atoms with van der Waals surface area (Å²) in [7, 11) is 0. The lowest BCUT2D eigenvalue weighted by Crippen LogP contribution is -2.29. The van der Waals surface area contributed by atoms with Gasteiger partial charge in [0.25, 0.3) is 5.56 Å². The van der Waals surface area contributed by atoms with E-state index in [0.717, 1.165) is 10.1 Å². The van der Waals surface area contributed by atoms with Crippen LogP contribution in [0.3, 0.4) is 0 Å². The van der Waals surface area contributed by atoms with E-state index < -0.39 is 0 Å². The molecule has 0 aliphatic carbocycles. The van der Waals surface area contributed by atoms with Crippen LogP contribution >= 0.6 is 11.5 Å². The van der Waals surface area contributed by atoms with E-state index >= 15 is 0 Å². The van der Waals surface area contributed by atoms with E-state index in [2.05, 4.69) is 5.32 Å². The van der Waals surface area contributed by atoms with Crippen molar-refractivity contribution in [3.05, 3.63) is 34.6 Å². The molecular weight excluding hydrogens is 236 g/mol. The highest BCUT2D eigenvalue weighted by Gasteiger charge is 2.05. The Hall–Kier alpha value is -1.17. The Labute approximate surface area is 104 Å². The van der Waals surface area contributed by atoms with Gasteiger partial charge in [-0.1, -0.05) is 23.7 Å². The molecule has 1 atom stereocenters. The van der Waals surface area contributed by atoms with Crippen molar-refractivity contribution in [2.24, 2.45) is 0 Å². The van der Waals surface area contributed by atoms with Crippen LogP contribution in [0.1, 0.15) is 6.92 Å². The number of nitrogens with one attached hydrogen (secondary N) is 1. The first-order valence-electron chi connectivity index (χ1n) is 5.66. The van der Waals surface area contributed by atoms with E-state index in [1.807, 2.05) is 24.3 Å². The van der Waals surface area contributed by atoms with Gasteiger partial charge in [-0.2, -0.15) is 0 Å². The first kappa shape index (κ1) is 12.3. The quantitative estimate of drug-likeness (QED) is 0.782. The van der Waals surface area contributed by atoms with Gasteiger partial charge in [0, 0.05) is 19.6 Å². The standard InChI is InChI=1S/C12H16N2O2S/c1-9(15)8-13-6-7-14-12(16)10-4-2-3-5-11(10)17-14/h2-5,9,13,15H,6-8H2,1H3. The predicted octanol–water partition coefficient (Wildman–Crippen LogP) is 1.03. The van der Waals surface area contributed by atoms with Crippen molar-refractivity contribution in [2.75, 3.05) is 13.1 Å². The zero-order valence-corrected chi connectivity index (χ0v) is 10.5. The normalized spacial score (nSPS) is 13.1. The number of aliphatic hydroxyl groups is 1. The first-order chi connectivity index (χ1) is 8.18. The van der Waals surface area contributed by atoms with E-state index in [0.29, 0.717) is 19.6 Å². The van der Waals surface area contributed by atoms with Gasteiger partial charge in [0.05, 0.1) is 16.2 Å². The van der Waals surface area contributed by atoms with Crippen LogP contribution in [-0.2, 0) is 6.54 Å². The Morgan fingerprint density at radius 2 is 2.24 bits per heavy atom. The Morgan fingerprint density at radius 1 is 1.47 bits per heavy atom. The average Bonchev–Trinajstić information content (AvgIpc) is 2.63. The van der Waals surface area contributed by atoms with Crippen LogP contribution in [0.25, 0.3) is 10.1 Å². The predicted molar refractivity (Wildman–Crippen MR) is 70.6 cm³/mol. The molecule has 1 aromatic carbocycles. The number of hydrogen-bond donors (Lipinski definition) is 2. The first-order valence-corrected chi connectivity index (χ1v) is 6.43. The third-order valence-corrected chi connectivity index (χ3v) is 3.61. The van der Waals surface area contributed by atoms with E-state index in [4.69, 9.17) is 5.11 Å². The molecule has 1 aromatic heterocycles. The Bertz CT molecular complexity index is 545. The lowest BCUT2D eigenvalue weighted by atomic mass is 10.3. The highest BCUT2D eigenvalue weighted by atomic mass is 32.1. The minimum atomic E-state index is -0.353. The van der Waals surface area contributed by atoms with Crippen LogP contribution in [0.4, 0.5) is 0 Å². The van der Waals surface area contributed by atoms with Gasteiger partial charge in [-0.25, -0.2) is 0 Å². The molecule has 0 aliphatic heterocycles. The minimum absolute atomic E-state index is 0.0736. The molecule has 2 N–H and O–H groups in total. The zero-order valence-electron chi connectivity index (χ0n) is 9.72. The summed E-state index contributed by atoms with van der Waals surface area (Å²) in [5, 5.41) is 13.0. The van der Waals surface area contributed by atoms with Gasteiger partial charge in [-0.05, 0) is 19.1 Å². The van der Waals surface area contributed by atoms with Crippen molar-refractivity contribution in [2.45, 2.75) is 19.6 Å². The van der Waals surface area contributed by atoms with Crippen LogP contribution in [0, 0.1) is 0 Å². The molecule has 1 heterocycles. The third-order valence-electron chi connectivity index (χ3n) is 2.48. The van der Waals surface area contributed by atoms with Gasteiger partial charge in [0.1, 0.15) is 0 Å². The fourth-order valence-electron chi connectivity index (χ4n) is 1.66. The van der Waals surface area contributed by atoms with Crippen molar-refractivity contribution in [1.29, 1.82) is 0 Å². The minimum Gasteiger partial charge on any atom is -0.392 e. The monoisotopic (exact) mass is 252 g/mol. The maximum absolute atomic E-state index is 12.0. The Morgan fingerprint density at radius 3 is 2.94 bits per heavy atom. The molecule has 0 aliphatic rings. The van der Waals surface area contributed by atoms with Gasteiger partial charge >= 0.3 is 0 Å². The number of rotatable bonds is 5. The maximum Gasteiger partial charge on any atom is 0.268 e. The van der Waals surface area contributed by atoms with E-state index in [9.17, 15) is 4.79 Å². The highest BCUT2D eigenvalue weighted by Crippen LogP contribution is 2.15. The van der Waals surface area contributed by atoms with E-state index in [1.165, 1.54) is 11.5 Å². The van der Waals surface area contributed by atoms with Crippen molar-refractivity contribution in [3.63, 3.8) is 0 Å². The summed E-state index contributed by atoms with van der Waals surface area (Å²) < 4.78 is 2.77. The molecule has 0 bridgehead atoms. The zero-order chi connectivity index (χ0) is 12.3. The van der Waals surface area contributed by atoms with Crippen LogP contribution in [0.15, 0.2) is 29.1 Å². The van der Waals surface area contributed by atoms with Gasteiger partial charge in [0.2, 0.25) is 0 Å². The molecular formula is C12H16N2O2S. The van der Waals surface area contributed by atoms with Crippen molar-refractivity contribution in [3.8, 4) is 0 Å². The van der Waals surface area contributed by atoms with Gasteiger partial charge in [0.15, 0.2) is 0 Å². The molecule has 17 heavy (non-hydrogen) atoms. The fourth-order valence-corrected chi connectivity index (χ4v) is 2.65. The molecule has 0 saturated heterocycles. The second-order valence-corrected chi connectivity index (χ2v) is 5.11. The molecule has 0 fully saturated rings.